The largest absolute Gasteiger partial charge is 0.279 e. The van der Waals surface area contributed by atoms with Crippen molar-refractivity contribution in [2.75, 3.05) is 0 Å². The lowest BCUT2D eigenvalue weighted by Gasteiger charge is -2.05. The van der Waals surface area contributed by atoms with Crippen molar-refractivity contribution in [1.29, 1.82) is 0 Å². The van der Waals surface area contributed by atoms with Crippen LogP contribution in [0.15, 0.2) is 52.4 Å². The van der Waals surface area contributed by atoms with Crippen LogP contribution in [0.1, 0.15) is 0 Å². The van der Waals surface area contributed by atoms with Gasteiger partial charge in [0.25, 0.3) is 11.2 Å². The van der Waals surface area contributed by atoms with Crippen molar-refractivity contribution >= 4 is 22.1 Å². The van der Waals surface area contributed by atoms with Gasteiger partial charge in [0.15, 0.2) is 0 Å². The first kappa shape index (κ1) is 14.2. The number of azide groups is 1. The van der Waals surface area contributed by atoms with Crippen LogP contribution in [0, 0.1) is 10.1 Å². The minimum Gasteiger partial charge on any atom is -0.267 e. The van der Waals surface area contributed by atoms with Gasteiger partial charge in [0.2, 0.25) is 0 Å². The van der Waals surface area contributed by atoms with Gasteiger partial charge in [-0.15, -0.1) is 0 Å². The molecule has 9 nitrogen and oxygen atoms in total. The van der Waals surface area contributed by atoms with E-state index < -0.39 is 4.92 Å². The highest BCUT2D eigenvalue weighted by atomic mass is 16.6. The molecule has 0 radical (unpaired) electrons. The molecule has 2 aromatic carbocycles. The maximum atomic E-state index is 11.8. The second-order valence-electron chi connectivity index (χ2n) is 4.60. The molecular weight excluding hydrogens is 300 g/mol. The van der Waals surface area contributed by atoms with Gasteiger partial charge >= 0.3 is 0 Å². The molecule has 0 fully saturated rings. The fourth-order valence-corrected chi connectivity index (χ4v) is 2.28. The molecule has 0 saturated heterocycles. The van der Waals surface area contributed by atoms with Gasteiger partial charge in [0.1, 0.15) is 5.69 Å². The zero-order chi connectivity index (χ0) is 16.4. The van der Waals surface area contributed by atoms with Crippen LogP contribution in [-0.4, -0.2) is 15.1 Å². The van der Waals surface area contributed by atoms with Crippen LogP contribution in [0.3, 0.4) is 0 Å². The summed E-state index contributed by atoms with van der Waals surface area (Å²) in [6, 6.07) is 11.0. The van der Waals surface area contributed by atoms with Crippen LogP contribution in [0.4, 0.5) is 11.4 Å². The van der Waals surface area contributed by atoms with E-state index in [-0.39, 0.29) is 16.9 Å². The van der Waals surface area contributed by atoms with Gasteiger partial charge in [-0.1, -0.05) is 29.4 Å². The molecule has 0 aliphatic rings. The van der Waals surface area contributed by atoms with Crippen LogP contribution in [-0.2, 0) is 0 Å². The summed E-state index contributed by atoms with van der Waals surface area (Å²) in [5.41, 5.74) is 8.53. The molecule has 1 heterocycles. The molecule has 1 N–H and O–H groups in total. The number of nitrogens with zero attached hydrogens (tertiary/aromatic N) is 5. The number of aromatic nitrogens is 2. The number of nitrogens with one attached hydrogen (secondary N) is 1. The maximum absolute atomic E-state index is 11.8. The molecule has 23 heavy (non-hydrogen) atoms. The number of fused-ring (bicyclic) bond motifs is 1. The van der Waals surface area contributed by atoms with Crippen LogP contribution in [0.5, 0.6) is 0 Å². The van der Waals surface area contributed by atoms with Crippen LogP contribution in [0.25, 0.3) is 32.5 Å². The molecule has 0 aliphatic carbocycles. The SMILES string of the molecule is [N-]=[N+]=Nc1ccc(-c2n[nH]c(=O)c3ccccc23)cc1[N+](=O)[O-]. The van der Waals surface area contributed by atoms with E-state index >= 15 is 0 Å². The van der Waals surface area contributed by atoms with Crippen molar-refractivity contribution < 1.29 is 4.92 Å². The smallest absolute Gasteiger partial charge is 0.267 e. The number of hydrogen-bond donors (Lipinski definition) is 1. The minimum absolute atomic E-state index is 0.0880. The Morgan fingerprint density at radius 2 is 1.96 bits per heavy atom. The molecule has 3 aromatic rings. The van der Waals surface area contributed by atoms with Gasteiger partial charge in [0, 0.05) is 21.9 Å². The highest BCUT2D eigenvalue weighted by molar-refractivity contribution is 5.94. The fraction of sp³-hybridized carbons (Fsp3) is 0. The molecule has 9 heteroatoms. The molecule has 0 bridgehead atoms. The Morgan fingerprint density at radius 3 is 2.65 bits per heavy atom. The van der Waals surface area contributed by atoms with Crippen molar-refractivity contribution in [3.05, 3.63) is 73.4 Å². The van der Waals surface area contributed by atoms with Crippen molar-refractivity contribution in [1.82, 2.24) is 10.2 Å². The van der Waals surface area contributed by atoms with E-state index in [1.165, 1.54) is 12.1 Å². The third kappa shape index (κ3) is 2.47. The molecule has 0 saturated carbocycles. The third-order valence-corrected chi connectivity index (χ3v) is 3.29. The van der Waals surface area contributed by atoms with Crippen molar-refractivity contribution in [2.45, 2.75) is 0 Å². The van der Waals surface area contributed by atoms with E-state index in [0.717, 1.165) is 0 Å². The summed E-state index contributed by atoms with van der Waals surface area (Å²) in [5.74, 6) is 0. The fourth-order valence-electron chi connectivity index (χ4n) is 2.28. The number of benzene rings is 2. The lowest BCUT2D eigenvalue weighted by Crippen LogP contribution is -2.09. The van der Waals surface area contributed by atoms with Crippen LogP contribution >= 0.6 is 0 Å². The average Bonchev–Trinajstić information content (AvgIpc) is 2.56. The molecule has 112 valence electrons. The molecule has 0 spiro atoms. The van der Waals surface area contributed by atoms with Gasteiger partial charge in [-0.2, -0.15) is 5.10 Å². The number of hydrogen-bond acceptors (Lipinski definition) is 5. The van der Waals surface area contributed by atoms with Gasteiger partial charge < -0.3 is 0 Å². The third-order valence-electron chi connectivity index (χ3n) is 3.29. The second-order valence-corrected chi connectivity index (χ2v) is 4.60. The molecule has 0 unspecified atom stereocenters. The van der Waals surface area contributed by atoms with E-state index in [1.807, 2.05) is 0 Å². The normalized spacial score (nSPS) is 10.3. The highest BCUT2D eigenvalue weighted by Gasteiger charge is 2.16. The monoisotopic (exact) mass is 308 g/mol. The molecule has 3 rings (SSSR count). The summed E-state index contributed by atoms with van der Waals surface area (Å²) < 4.78 is 0. The van der Waals surface area contributed by atoms with Gasteiger partial charge in [-0.3, -0.25) is 14.9 Å². The Kier molecular flexibility index (Phi) is 3.46. The van der Waals surface area contributed by atoms with Crippen molar-refractivity contribution in [3.63, 3.8) is 0 Å². The van der Waals surface area contributed by atoms with Gasteiger partial charge in [-0.05, 0) is 17.7 Å². The summed E-state index contributed by atoms with van der Waals surface area (Å²) >= 11 is 0. The number of nitro benzene ring substituents is 1. The number of aromatic amines is 1. The quantitative estimate of drug-likeness (QED) is 0.260. The predicted octanol–water partition coefficient (Wildman–Crippen LogP) is 3.44. The van der Waals surface area contributed by atoms with E-state index in [9.17, 15) is 14.9 Å². The van der Waals surface area contributed by atoms with Gasteiger partial charge in [-0.25, -0.2) is 5.10 Å². The number of nitro groups is 1. The van der Waals surface area contributed by atoms with Crippen molar-refractivity contribution in [2.24, 2.45) is 5.11 Å². The first-order chi connectivity index (χ1) is 11.1. The lowest BCUT2D eigenvalue weighted by atomic mass is 10.0. The Labute approximate surface area is 128 Å². The Morgan fingerprint density at radius 1 is 1.22 bits per heavy atom. The lowest BCUT2D eigenvalue weighted by molar-refractivity contribution is -0.384. The Hall–Kier alpha value is -3.71. The summed E-state index contributed by atoms with van der Waals surface area (Å²) in [7, 11) is 0. The summed E-state index contributed by atoms with van der Waals surface area (Å²) in [4.78, 5) is 24.9. The number of H-pyrrole nitrogens is 1. The molecular formula is C14H8N6O3. The topological polar surface area (TPSA) is 138 Å². The molecule has 1 aromatic heterocycles. The predicted molar refractivity (Wildman–Crippen MR) is 83.3 cm³/mol. The van der Waals surface area contributed by atoms with E-state index in [4.69, 9.17) is 5.53 Å². The summed E-state index contributed by atoms with van der Waals surface area (Å²) in [5, 5.41) is 21.8. The van der Waals surface area contributed by atoms with E-state index in [0.29, 0.717) is 22.0 Å². The average molecular weight is 308 g/mol. The second kappa shape index (κ2) is 5.58. The molecule has 0 amide bonds. The minimum atomic E-state index is -0.638. The van der Waals surface area contributed by atoms with Gasteiger partial charge in [0.05, 0.1) is 16.0 Å². The first-order valence-electron chi connectivity index (χ1n) is 6.43. The standard InChI is InChI=1S/C14H8N6O3/c15-19-16-11-6-5-8(7-12(11)20(22)23)13-9-3-1-2-4-10(9)14(21)18-17-13/h1-7H,(H,18,21). The summed E-state index contributed by atoms with van der Waals surface area (Å²) in [6.45, 7) is 0. The van der Waals surface area contributed by atoms with E-state index in [2.05, 4.69) is 20.2 Å². The Balaban J connectivity index is 2.30. The maximum Gasteiger partial charge on any atom is 0.279 e. The zero-order valence-corrected chi connectivity index (χ0v) is 11.5. The number of rotatable bonds is 3. The first-order valence-corrected chi connectivity index (χ1v) is 6.43. The summed E-state index contributed by atoms with van der Waals surface area (Å²) in [6.07, 6.45) is 0. The van der Waals surface area contributed by atoms with Crippen LogP contribution in [0.2, 0.25) is 0 Å². The van der Waals surface area contributed by atoms with E-state index in [1.54, 1.807) is 30.3 Å². The zero-order valence-electron chi connectivity index (χ0n) is 11.5. The van der Waals surface area contributed by atoms with Crippen molar-refractivity contribution in [3.8, 4) is 11.3 Å². The van der Waals surface area contributed by atoms with Crippen LogP contribution < -0.4 is 5.56 Å². The highest BCUT2D eigenvalue weighted by Crippen LogP contribution is 2.33. The Bertz CT molecular complexity index is 1040. The molecule has 0 atom stereocenters. The molecule has 0 aliphatic heterocycles.